The first-order chi connectivity index (χ1) is 13.0. The van der Waals surface area contributed by atoms with Crippen LogP contribution in [0.1, 0.15) is 40.5 Å². The quantitative estimate of drug-likeness (QED) is 0.589. The number of benzene rings is 1. The lowest BCUT2D eigenvalue weighted by Crippen LogP contribution is -2.25. The Labute approximate surface area is 161 Å². The highest BCUT2D eigenvalue weighted by Gasteiger charge is 2.22. The first-order valence-electron chi connectivity index (χ1n) is 8.48. The number of hydrogen-bond acceptors (Lipinski definition) is 6. The van der Waals surface area contributed by atoms with E-state index >= 15 is 0 Å². The second-order valence-electron chi connectivity index (χ2n) is 6.11. The lowest BCUT2D eigenvalue weighted by atomic mass is 10.1. The molecule has 0 aliphatic carbocycles. The van der Waals surface area contributed by atoms with E-state index in [1.54, 1.807) is 13.0 Å². The minimum absolute atomic E-state index is 0.131. The normalized spacial score (nSPS) is 13.2. The monoisotopic (exact) mass is 378 g/mol. The van der Waals surface area contributed by atoms with Crippen LogP contribution in [0.5, 0.6) is 0 Å². The Balaban J connectivity index is 1.70. The number of ketones is 1. The molecule has 0 bridgehead atoms. The molecule has 6 nitrogen and oxygen atoms in total. The Morgan fingerprint density at radius 1 is 1.30 bits per heavy atom. The molecule has 7 heteroatoms. The van der Waals surface area contributed by atoms with Crippen molar-refractivity contribution in [1.82, 2.24) is 9.99 Å². The van der Waals surface area contributed by atoms with Crippen molar-refractivity contribution in [3.8, 4) is 6.07 Å². The van der Waals surface area contributed by atoms with Gasteiger partial charge in [0.2, 0.25) is 0 Å². The fraction of sp³-hybridized carbons (Fsp3) is 0.250. The summed E-state index contributed by atoms with van der Waals surface area (Å²) in [5.41, 5.74) is 3.20. The van der Waals surface area contributed by atoms with Crippen LogP contribution in [0.15, 0.2) is 46.5 Å². The van der Waals surface area contributed by atoms with E-state index in [1.807, 2.05) is 30.3 Å². The second-order valence-corrected chi connectivity index (χ2v) is 7.07. The SMILES string of the molecule is CC(=O)c1cc(C#N)c(SCC(=O)N2CCC(c3ccccc3)=N2)nc1C. The maximum Gasteiger partial charge on any atom is 0.253 e. The van der Waals surface area contributed by atoms with Gasteiger partial charge in [-0.05, 0) is 25.5 Å². The molecule has 1 aliphatic heterocycles. The van der Waals surface area contributed by atoms with Gasteiger partial charge in [0.15, 0.2) is 5.78 Å². The van der Waals surface area contributed by atoms with Crippen LogP contribution in [0, 0.1) is 18.3 Å². The lowest BCUT2D eigenvalue weighted by molar-refractivity contribution is -0.127. The molecule has 0 saturated heterocycles. The van der Waals surface area contributed by atoms with Crippen LogP contribution < -0.4 is 0 Å². The van der Waals surface area contributed by atoms with Crippen molar-refractivity contribution in [2.75, 3.05) is 12.3 Å². The smallest absolute Gasteiger partial charge is 0.253 e. The molecule has 2 aromatic rings. The van der Waals surface area contributed by atoms with Crippen LogP contribution in [-0.2, 0) is 4.79 Å². The van der Waals surface area contributed by atoms with Crippen molar-refractivity contribution in [3.05, 3.63) is 58.8 Å². The molecule has 0 unspecified atom stereocenters. The van der Waals surface area contributed by atoms with Gasteiger partial charge in [0, 0.05) is 17.7 Å². The molecule has 1 aliphatic rings. The summed E-state index contributed by atoms with van der Waals surface area (Å²) in [6, 6.07) is 13.4. The van der Waals surface area contributed by atoms with Crippen LogP contribution in [0.3, 0.4) is 0 Å². The Kier molecular flexibility index (Phi) is 5.67. The summed E-state index contributed by atoms with van der Waals surface area (Å²) >= 11 is 1.19. The standard InChI is InChI=1S/C20H18N4O2S/c1-13-17(14(2)25)10-16(11-21)20(22-13)27-12-19(26)24-9-8-18(23-24)15-6-4-3-5-7-15/h3-7,10H,8-9,12H2,1-2H3. The predicted molar refractivity (Wildman–Crippen MR) is 104 cm³/mol. The van der Waals surface area contributed by atoms with Gasteiger partial charge in [0.25, 0.3) is 5.91 Å². The number of carbonyl (C=O) groups is 2. The molecule has 27 heavy (non-hydrogen) atoms. The predicted octanol–water partition coefficient (Wildman–Crippen LogP) is 3.19. The zero-order valence-electron chi connectivity index (χ0n) is 15.1. The number of Topliss-reactive ketones (excluding diaryl/α,β-unsaturated/α-hetero) is 1. The second kappa shape index (κ2) is 8.14. The number of pyridine rings is 1. The molecule has 0 spiro atoms. The maximum absolute atomic E-state index is 12.5. The zero-order valence-corrected chi connectivity index (χ0v) is 15.9. The molecule has 0 atom stereocenters. The van der Waals surface area contributed by atoms with Gasteiger partial charge in [-0.3, -0.25) is 9.59 Å². The molecule has 0 radical (unpaired) electrons. The molecular formula is C20H18N4O2S. The Bertz CT molecular complexity index is 964. The number of hydrogen-bond donors (Lipinski definition) is 0. The number of hydrazone groups is 1. The number of thioether (sulfide) groups is 1. The van der Waals surface area contributed by atoms with E-state index in [0.717, 1.165) is 11.3 Å². The summed E-state index contributed by atoms with van der Waals surface area (Å²) < 4.78 is 0. The Hall–Kier alpha value is -2.98. The third-order valence-corrected chi connectivity index (χ3v) is 5.18. The third-order valence-electron chi connectivity index (χ3n) is 4.21. The van der Waals surface area contributed by atoms with Gasteiger partial charge >= 0.3 is 0 Å². The Morgan fingerprint density at radius 3 is 2.70 bits per heavy atom. The molecule has 0 saturated carbocycles. The van der Waals surface area contributed by atoms with Gasteiger partial charge in [0.1, 0.15) is 11.1 Å². The van der Waals surface area contributed by atoms with Crippen LogP contribution >= 0.6 is 11.8 Å². The van der Waals surface area contributed by atoms with Gasteiger partial charge in [-0.2, -0.15) is 10.4 Å². The van der Waals surface area contributed by atoms with E-state index in [4.69, 9.17) is 0 Å². The Morgan fingerprint density at radius 2 is 2.04 bits per heavy atom. The van der Waals surface area contributed by atoms with Crippen LogP contribution in [-0.4, -0.2) is 39.7 Å². The van der Waals surface area contributed by atoms with E-state index in [0.29, 0.717) is 34.8 Å². The van der Waals surface area contributed by atoms with Crippen molar-refractivity contribution < 1.29 is 9.59 Å². The van der Waals surface area contributed by atoms with Crippen molar-refractivity contribution in [2.24, 2.45) is 5.10 Å². The highest BCUT2D eigenvalue weighted by molar-refractivity contribution is 8.00. The first kappa shape index (κ1) is 18.8. The van der Waals surface area contributed by atoms with Crippen molar-refractivity contribution in [3.63, 3.8) is 0 Å². The van der Waals surface area contributed by atoms with Crippen molar-refractivity contribution >= 4 is 29.2 Å². The van der Waals surface area contributed by atoms with Gasteiger partial charge in [-0.1, -0.05) is 42.1 Å². The molecule has 2 heterocycles. The van der Waals surface area contributed by atoms with E-state index < -0.39 is 0 Å². The highest BCUT2D eigenvalue weighted by atomic mass is 32.2. The van der Waals surface area contributed by atoms with Gasteiger partial charge in [0.05, 0.1) is 23.6 Å². The van der Waals surface area contributed by atoms with Crippen LogP contribution in [0.2, 0.25) is 0 Å². The van der Waals surface area contributed by atoms with Gasteiger partial charge < -0.3 is 0 Å². The minimum Gasteiger partial charge on any atom is -0.294 e. The third kappa shape index (κ3) is 4.23. The molecular weight excluding hydrogens is 360 g/mol. The number of rotatable bonds is 5. The number of amides is 1. The summed E-state index contributed by atoms with van der Waals surface area (Å²) in [6.45, 7) is 3.71. The number of nitriles is 1. The van der Waals surface area contributed by atoms with Gasteiger partial charge in [-0.15, -0.1) is 0 Å². The number of aromatic nitrogens is 1. The summed E-state index contributed by atoms with van der Waals surface area (Å²) in [7, 11) is 0. The van der Waals surface area contributed by atoms with Crippen molar-refractivity contribution in [1.29, 1.82) is 5.26 Å². The number of nitrogens with zero attached hydrogens (tertiary/aromatic N) is 4. The fourth-order valence-corrected chi connectivity index (χ4v) is 3.68. The molecule has 0 N–H and O–H groups in total. The molecule has 136 valence electrons. The fourth-order valence-electron chi connectivity index (χ4n) is 2.80. The largest absolute Gasteiger partial charge is 0.294 e. The molecule has 0 fully saturated rings. The molecule has 1 aromatic heterocycles. The summed E-state index contributed by atoms with van der Waals surface area (Å²) in [6.07, 6.45) is 0.717. The van der Waals surface area contributed by atoms with E-state index in [1.165, 1.54) is 23.7 Å². The molecule has 1 amide bonds. The van der Waals surface area contributed by atoms with Crippen molar-refractivity contribution in [2.45, 2.75) is 25.3 Å². The maximum atomic E-state index is 12.5. The zero-order chi connectivity index (χ0) is 19.4. The van der Waals surface area contributed by atoms with E-state index in [9.17, 15) is 14.9 Å². The molecule has 1 aromatic carbocycles. The average molecular weight is 378 g/mol. The van der Waals surface area contributed by atoms with Gasteiger partial charge in [-0.25, -0.2) is 9.99 Å². The minimum atomic E-state index is -0.135. The topological polar surface area (TPSA) is 86.4 Å². The summed E-state index contributed by atoms with van der Waals surface area (Å²) in [5, 5.41) is 15.7. The summed E-state index contributed by atoms with van der Waals surface area (Å²) in [4.78, 5) is 28.4. The highest BCUT2D eigenvalue weighted by Crippen LogP contribution is 2.24. The number of carbonyl (C=O) groups excluding carboxylic acids is 2. The first-order valence-corrected chi connectivity index (χ1v) is 9.47. The number of aryl methyl sites for hydroxylation is 1. The summed E-state index contributed by atoms with van der Waals surface area (Å²) in [5.74, 6) is -0.138. The van der Waals surface area contributed by atoms with E-state index in [-0.39, 0.29) is 17.4 Å². The molecule has 3 rings (SSSR count). The average Bonchev–Trinajstić information content (AvgIpc) is 3.17. The van der Waals surface area contributed by atoms with Crippen LogP contribution in [0.25, 0.3) is 0 Å². The lowest BCUT2D eigenvalue weighted by Gasteiger charge is -2.12. The van der Waals surface area contributed by atoms with Crippen LogP contribution in [0.4, 0.5) is 0 Å². The van der Waals surface area contributed by atoms with E-state index in [2.05, 4.69) is 16.2 Å².